The SMILES string of the molecule is Clc1ccc2nnc(C3CCC3)n2c1. The van der Waals surface area contributed by atoms with Crippen LogP contribution in [0.5, 0.6) is 0 Å². The van der Waals surface area contributed by atoms with Crippen molar-refractivity contribution in [2.75, 3.05) is 0 Å². The number of halogens is 1. The van der Waals surface area contributed by atoms with E-state index in [-0.39, 0.29) is 0 Å². The second-order valence-corrected chi connectivity index (χ2v) is 4.20. The number of nitrogens with zero attached hydrogens (tertiary/aromatic N) is 3. The summed E-state index contributed by atoms with van der Waals surface area (Å²) < 4.78 is 2.01. The molecule has 0 bridgehead atoms. The van der Waals surface area contributed by atoms with E-state index in [1.165, 1.54) is 19.3 Å². The van der Waals surface area contributed by atoms with Crippen LogP contribution in [0.15, 0.2) is 18.3 Å². The third-order valence-corrected chi connectivity index (χ3v) is 3.09. The molecule has 1 saturated carbocycles. The molecule has 0 aromatic carbocycles. The molecule has 3 nitrogen and oxygen atoms in total. The van der Waals surface area contributed by atoms with E-state index in [1.54, 1.807) is 0 Å². The molecule has 0 radical (unpaired) electrons. The van der Waals surface area contributed by atoms with Crippen LogP contribution in [0.2, 0.25) is 5.02 Å². The first-order valence-corrected chi connectivity index (χ1v) is 5.22. The van der Waals surface area contributed by atoms with Gasteiger partial charge in [0, 0.05) is 12.1 Å². The van der Waals surface area contributed by atoms with Crippen molar-refractivity contribution in [3.8, 4) is 0 Å². The second kappa shape index (κ2) is 2.95. The largest absolute Gasteiger partial charge is 0.285 e. The molecule has 0 spiro atoms. The average molecular weight is 208 g/mol. The average Bonchev–Trinajstić information content (AvgIpc) is 2.46. The highest BCUT2D eigenvalue weighted by molar-refractivity contribution is 6.30. The minimum atomic E-state index is 0.587. The number of hydrogen-bond donors (Lipinski definition) is 0. The fourth-order valence-electron chi connectivity index (χ4n) is 1.83. The van der Waals surface area contributed by atoms with E-state index in [1.807, 2.05) is 22.7 Å². The number of pyridine rings is 1. The first kappa shape index (κ1) is 8.24. The number of fused-ring (bicyclic) bond motifs is 1. The molecule has 14 heavy (non-hydrogen) atoms. The molecule has 0 atom stereocenters. The molecule has 1 aliphatic rings. The summed E-state index contributed by atoms with van der Waals surface area (Å²) in [7, 11) is 0. The lowest BCUT2D eigenvalue weighted by molar-refractivity contribution is 0.399. The molecule has 1 fully saturated rings. The van der Waals surface area contributed by atoms with Gasteiger partial charge in [-0.1, -0.05) is 18.0 Å². The maximum absolute atomic E-state index is 5.94. The first-order chi connectivity index (χ1) is 6.84. The Kier molecular flexibility index (Phi) is 1.74. The van der Waals surface area contributed by atoms with E-state index in [9.17, 15) is 0 Å². The molecule has 4 heteroatoms. The van der Waals surface area contributed by atoms with Crippen LogP contribution in [0, 0.1) is 0 Å². The topological polar surface area (TPSA) is 30.2 Å². The van der Waals surface area contributed by atoms with Gasteiger partial charge in [0.15, 0.2) is 5.65 Å². The van der Waals surface area contributed by atoms with Crippen molar-refractivity contribution in [2.24, 2.45) is 0 Å². The molecule has 2 aromatic rings. The Labute approximate surface area is 86.7 Å². The highest BCUT2D eigenvalue weighted by atomic mass is 35.5. The van der Waals surface area contributed by atoms with Crippen molar-refractivity contribution >= 4 is 17.2 Å². The van der Waals surface area contributed by atoms with Crippen LogP contribution in [0.3, 0.4) is 0 Å². The summed E-state index contributed by atoms with van der Waals surface area (Å²) in [6.45, 7) is 0. The summed E-state index contributed by atoms with van der Waals surface area (Å²) in [4.78, 5) is 0. The van der Waals surface area contributed by atoms with Gasteiger partial charge in [-0.2, -0.15) is 0 Å². The van der Waals surface area contributed by atoms with Crippen molar-refractivity contribution in [3.63, 3.8) is 0 Å². The first-order valence-electron chi connectivity index (χ1n) is 4.85. The van der Waals surface area contributed by atoms with E-state index in [2.05, 4.69) is 10.2 Å². The summed E-state index contributed by atoms with van der Waals surface area (Å²) in [6, 6.07) is 3.74. The zero-order valence-electron chi connectivity index (χ0n) is 7.65. The highest BCUT2D eigenvalue weighted by Crippen LogP contribution is 2.35. The lowest BCUT2D eigenvalue weighted by Crippen LogP contribution is -2.12. The van der Waals surface area contributed by atoms with E-state index < -0.39 is 0 Å². The van der Waals surface area contributed by atoms with Gasteiger partial charge < -0.3 is 0 Å². The van der Waals surface area contributed by atoms with Crippen LogP contribution in [-0.4, -0.2) is 14.6 Å². The van der Waals surface area contributed by atoms with Gasteiger partial charge in [-0.3, -0.25) is 4.40 Å². The number of hydrogen-bond acceptors (Lipinski definition) is 2. The second-order valence-electron chi connectivity index (χ2n) is 3.76. The van der Waals surface area contributed by atoms with Gasteiger partial charge in [-0.05, 0) is 25.0 Å². The summed E-state index contributed by atoms with van der Waals surface area (Å²) in [5, 5.41) is 9.06. The Morgan fingerprint density at radius 1 is 1.29 bits per heavy atom. The van der Waals surface area contributed by atoms with Crippen LogP contribution < -0.4 is 0 Å². The number of rotatable bonds is 1. The Morgan fingerprint density at radius 3 is 2.86 bits per heavy atom. The van der Waals surface area contributed by atoms with E-state index in [0.29, 0.717) is 5.92 Å². The summed E-state index contributed by atoms with van der Waals surface area (Å²) in [5.74, 6) is 1.65. The van der Waals surface area contributed by atoms with Crippen LogP contribution in [0.1, 0.15) is 31.0 Å². The molecule has 3 rings (SSSR count). The predicted octanol–water partition coefficient (Wildman–Crippen LogP) is 2.65. The lowest BCUT2D eigenvalue weighted by Gasteiger charge is -2.23. The normalized spacial score (nSPS) is 17.2. The number of aromatic nitrogens is 3. The van der Waals surface area contributed by atoms with E-state index in [4.69, 9.17) is 11.6 Å². The van der Waals surface area contributed by atoms with Crippen molar-refractivity contribution in [1.82, 2.24) is 14.6 Å². The Bertz CT molecular complexity index is 473. The standard InChI is InChI=1S/C10H10ClN3/c11-8-4-5-9-12-13-10(14(9)6-8)7-2-1-3-7/h4-7H,1-3H2. The fraction of sp³-hybridized carbons (Fsp3) is 0.400. The van der Waals surface area contributed by atoms with Gasteiger partial charge in [0.25, 0.3) is 0 Å². The third-order valence-electron chi connectivity index (χ3n) is 2.86. The monoisotopic (exact) mass is 207 g/mol. The summed E-state index contributed by atoms with van der Waals surface area (Å²) >= 11 is 5.94. The lowest BCUT2D eigenvalue weighted by atomic mass is 9.85. The molecular formula is C10H10ClN3. The molecular weight excluding hydrogens is 198 g/mol. The highest BCUT2D eigenvalue weighted by Gasteiger charge is 2.24. The van der Waals surface area contributed by atoms with Gasteiger partial charge in [0.2, 0.25) is 0 Å². The smallest absolute Gasteiger partial charge is 0.160 e. The molecule has 1 aliphatic carbocycles. The van der Waals surface area contributed by atoms with Crippen LogP contribution in [0.25, 0.3) is 5.65 Å². The molecule has 2 heterocycles. The minimum Gasteiger partial charge on any atom is -0.285 e. The predicted molar refractivity (Wildman–Crippen MR) is 54.6 cm³/mol. The van der Waals surface area contributed by atoms with Crippen molar-refractivity contribution < 1.29 is 0 Å². The van der Waals surface area contributed by atoms with E-state index >= 15 is 0 Å². The molecule has 0 amide bonds. The third kappa shape index (κ3) is 1.12. The van der Waals surface area contributed by atoms with Crippen molar-refractivity contribution in [2.45, 2.75) is 25.2 Å². The summed E-state index contributed by atoms with van der Waals surface area (Å²) in [5.41, 5.74) is 0.885. The molecule has 0 saturated heterocycles. The zero-order valence-corrected chi connectivity index (χ0v) is 8.41. The Hall–Kier alpha value is -1.09. The van der Waals surface area contributed by atoms with Crippen molar-refractivity contribution in [1.29, 1.82) is 0 Å². The molecule has 72 valence electrons. The van der Waals surface area contributed by atoms with Gasteiger partial charge in [0.1, 0.15) is 5.82 Å². The Morgan fingerprint density at radius 2 is 2.14 bits per heavy atom. The van der Waals surface area contributed by atoms with Gasteiger partial charge in [-0.15, -0.1) is 10.2 Å². The summed E-state index contributed by atoms with van der Waals surface area (Å²) in [6.07, 6.45) is 5.66. The maximum atomic E-state index is 5.94. The zero-order chi connectivity index (χ0) is 9.54. The molecule has 0 aliphatic heterocycles. The van der Waals surface area contributed by atoms with Gasteiger partial charge in [0.05, 0.1) is 5.02 Å². The molecule has 2 aromatic heterocycles. The fourth-order valence-corrected chi connectivity index (χ4v) is 1.99. The maximum Gasteiger partial charge on any atom is 0.160 e. The molecule has 0 unspecified atom stereocenters. The van der Waals surface area contributed by atoms with Gasteiger partial charge >= 0.3 is 0 Å². The quantitative estimate of drug-likeness (QED) is 0.720. The minimum absolute atomic E-state index is 0.587. The van der Waals surface area contributed by atoms with Crippen LogP contribution >= 0.6 is 11.6 Å². The van der Waals surface area contributed by atoms with Crippen LogP contribution in [0.4, 0.5) is 0 Å². The van der Waals surface area contributed by atoms with Crippen molar-refractivity contribution in [3.05, 3.63) is 29.2 Å². The van der Waals surface area contributed by atoms with E-state index in [0.717, 1.165) is 16.5 Å². The van der Waals surface area contributed by atoms with Crippen LogP contribution in [-0.2, 0) is 0 Å². The van der Waals surface area contributed by atoms with Gasteiger partial charge in [-0.25, -0.2) is 0 Å². The Balaban J connectivity index is 2.18. The molecule has 0 N–H and O–H groups in total.